The lowest BCUT2D eigenvalue weighted by atomic mass is 10.2. The monoisotopic (exact) mass is 357 g/mol. The molecule has 0 saturated heterocycles. The van der Waals surface area contributed by atoms with Crippen LogP contribution in [0, 0.1) is 0 Å². The van der Waals surface area contributed by atoms with Crippen molar-refractivity contribution >= 4 is 17.6 Å². The Balaban J connectivity index is 1.73. The second kappa shape index (κ2) is 7.76. The molecule has 1 aliphatic heterocycles. The number of carbonyl (C=O) groups excluding carboxylic acids is 2. The van der Waals surface area contributed by atoms with Gasteiger partial charge < -0.3 is 9.47 Å². The Morgan fingerprint density at radius 3 is 2.62 bits per heavy atom. The number of anilines is 1. The summed E-state index contributed by atoms with van der Waals surface area (Å²) in [5.74, 6) is 0.857. The molecule has 0 aromatic carbocycles. The predicted octanol–water partition coefficient (Wildman–Crippen LogP) is 2.27. The van der Waals surface area contributed by atoms with Crippen LogP contribution in [0.3, 0.4) is 0 Å². The van der Waals surface area contributed by atoms with Crippen LogP contribution >= 0.6 is 0 Å². The predicted molar refractivity (Wildman–Crippen MR) is 101 cm³/mol. The largest absolute Gasteiger partial charge is 0.349 e. The number of aromatic nitrogens is 3. The van der Waals surface area contributed by atoms with Gasteiger partial charge in [0.15, 0.2) is 0 Å². The first-order chi connectivity index (χ1) is 12.5. The molecule has 2 aromatic rings. The van der Waals surface area contributed by atoms with Gasteiger partial charge in [0.25, 0.3) is 0 Å². The molecule has 2 aromatic heterocycles. The zero-order valence-corrected chi connectivity index (χ0v) is 15.8. The fourth-order valence-corrected chi connectivity index (χ4v) is 3.47. The van der Waals surface area contributed by atoms with Crippen molar-refractivity contribution < 1.29 is 9.59 Å². The van der Waals surface area contributed by atoms with Crippen molar-refractivity contribution in [1.82, 2.24) is 19.2 Å². The van der Waals surface area contributed by atoms with Crippen molar-refractivity contribution in [2.75, 3.05) is 24.5 Å². The van der Waals surface area contributed by atoms with Crippen LogP contribution in [-0.2, 0) is 23.2 Å². The Bertz CT molecular complexity index is 788. The summed E-state index contributed by atoms with van der Waals surface area (Å²) in [5, 5.41) is 4.66. The Morgan fingerprint density at radius 1 is 1.19 bits per heavy atom. The maximum atomic E-state index is 12.7. The summed E-state index contributed by atoms with van der Waals surface area (Å²) >= 11 is 0. The van der Waals surface area contributed by atoms with Crippen LogP contribution in [0.2, 0.25) is 0 Å². The molecule has 7 heteroatoms. The third-order valence-corrected chi connectivity index (χ3v) is 4.96. The van der Waals surface area contributed by atoms with E-state index in [9.17, 15) is 9.59 Å². The van der Waals surface area contributed by atoms with Gasteiger partial charge in [-0.15, -0.1) is 0 Å². The van der Waals surface area contributed by atoms with E-state index in [2.05, 4.69) is 5.10 Å². The lowest BCUT2D eigenvalue weighted by Crippen LogP contribution is -2.38. The van der Waals surface area contributed by atoms with Gasteiger partial charge in [-0.25, -0.2) is 4.68 Å². The molecule has 0 spiro atoms. The minimum Gasteiger partial charge on any atom is -0.349 e. The highest BCUT2D eigenvalue weighted by atomic mass is 16.2. The van der Waals surface area contributed by atoms with E-state index in [0.717, 1.165) is 30.2 Å². The maximum absolute atomic E-state index is 12.7. The van der Waals surface area contributed by atoms with E-state index in [1.165, 1.54) is 0 Å². The second-order valence-corrected chi connectivity index (χ2v) is 6.58. The van der Waals surface area contributed by atoms with E-state index >= 15 is 0 Å². The van der Waals surface area contributed by atoms with Gasteiger partial charge in [-0.3, -0.25) is 14.5 Å². The molecule has 0 saturated carbocycles. The minimum atomic E-state index is -0.00946. The smallest absolute Gasteiger partial charge is 0.228 e. The average Bonchev–Trinajstić information content (AvgIpc) is 3.25. The Labute approximate surface area is 154 Å². The van der Waals surface area contributed by atoms with E-state index in [1.807, 2.05) is 54.5 Å². The van der Waals surface area contributed by atoms with Gasteiger partial charge >= 0.3 is 0 Å². The molecule has 0 unspecified atom stereocenters. The van der Waals surface area contributed by atoms with Crippen molar-refractivity contribution in [2.45, 2.75) is 39.7 Å². The molecule has 26 heavy (non-hydrogen) atoms. The standard InChI is InChI=1S/C19H27N5O2/c1-4-22(5-2)18(25)9-10-19(26)23-12-7-13-24-17(23)14-15(20-24)16-8-6-11-21(16)3/h6,8,11,14H,4-5,7,9-10,12-13H2,1-3H3. The quantitative estimate of drug-likeness (QED) is 0.797. The van der Waals surface area contributed by atoms with E-state index in [-0.39, 0.29) is 24.7 Å². The number of carbonyl (C=O) groups is 2. The normalized spacial score (nSPS) is 13.6. The highest BCUT2D eigenvalue weighted by Gasteiger charge is 2.26. The number of hydrogen-bond donors (Lipinski definition) is 0. The van der Waals surface area contributed by atoms with E-state index < -0.39 is 0 Å². The summed E-state index contributed by atoms with van der Waals surface area (Å²) in [6.45, 7) is 6.76. The molecule has 2 amide bonds. The van der Waals surface area contributed by atoms with E-state index in [0.29, 0.717) is 19.6 Å². The first-order valence-electron chi connectivity index (χ1n) is 9.32. The summed E-state index contributed by atoms with van der Waals surface area (Å²) in [5.41, 5.74) is 1.89. The van der Waals surface area contributed by atoms with E-state index in [1.54, 1.807) is 9.80 Å². The third kappa shape index (κ3) is 3.52. The number of aryl methyl sites for hydroxylation is 2. The van der Waals surface area contributed by atoms with Gasteiger partial charge in [0, 0.05) is 58.3 Å². The van der Waals surface area contributed by atoms with Crippen LogP contribution in [0.15, 0.2) is 24.4 Å². The Hall–Kier alpha value is -2.57. The molecule has 3 heterocycles. The van der Waals surface area contributed by atoms with Crippen LogP contribution in [0.1, 0.15) is 33.1 Å². The first kappa shape index (κ1) is 18.2. The van der Waals surface area contributed by atoms with Crippen LogP contribution < -0.4 is 4.90 Å². The second-order valence-electron chi connectivity index (χ2n) is 6.58. The van der Waals surface area contributed by atoms with Gasteiger partial charge in [-0.2, -0.15) is 5.10 Å². The molecular formula is C19H27N5O2. The average molecular weight is 357 g/mol. The SMILES string of the molecule is CCN(CC)C(=O)CCC(=O)N1CCCn2nc(-c3cccn3C)cc21. The van der Waals surface area contributed by atoms with Crippen molar-refractivity contribution in [3.63, 3.8) is 0 Å². The molecule has 0 aliphatic carbocycles. The molecule has 1 aliphatic rings. The molecule has 0 fully saturated rings. The fourth-order valence-electron chi connectivity index (χ4n) is 3.47. The number of fused-ring (bicyclic) bond motifs is 1. The van der Waals surface area contributed by atoms with Crippen molar-refractivity contribution in [3.05, 3.63) is 24.4 Å². The zero-order chi connectivity index (χ0) is 18.7. The summed E-state index contributed by atoms with van der Waals surface area (Å²) in [6, 6.07) is 5.97. The van der Waals surface area contributed by atoms with Gasteiger partial charge in [0.05, 0.1) is 5.69 Å². The van der Waals surface area contributed by atoms with Crippen molar-refractivity contribution in [1.29, 1.82) is 0 Å². The third-order valence-electron chi connectivity index (χ3n) is 4.96. The van der Waals surface area contributed by atoms with Gasteiger partial charge in [-0.1, -0.05) is 0 Å². The Morgan fingerprint density at radius 2 is 1.96 bits per heavy atom. The highest BCUT2D eigenvalue weighted by molar-refractivity contribution is 5.95. The number of hydrogen-bond acceptors (Lipinski definition) is 3. The number of rotatable bonds is 6. The van der Waals surface area contributed by atoms with Crippen LogP contribution in [-0.4, -0.2) is 50.7 Å². The zero-order valence-electron chi connectivity index (χ0n) is 15.8. The summed E-state index contributed by atoms with van der Waals surface area (Å²) in [4.78, 5) is 28.4. The molecule has 0 atom stereocenters. The van der Waals surface area contributed by atoms with Gasteiger partial charge in [-0.05, 0) is 32.4 Å². The minimum absolute atomic E-state index is 0.00946. The molecule has 0 bridgehead atoms. The molecule has 140 valence electrons. The number of nitrogens with zero attached hydrogens (tertiary/aromatic N) is 5. The fraction of sp³-hybridized carbons (Fsp3) is 0.526. The maximum Gasteiger partial charge on any atom is 0.228 e. The summed E-state index contributed by atoms with van der Waals surface area (Å²) in [6.07, 6.45) is 3.35. The van der Waals surface area contributed by atoms with Crippen LogP contribution in [0.4, 0.5) is 5.82 Å². The highest BCUT2D eigenvalue weighted by Crippen LogP contribution is 2.28. The molecule has 3 rings (SSSR count). The van der Waals surface area contributed by atoms with Crippen molar-refractivity contribution in [2.24, 2.45) is 7.05 Å². The van der Waals surface area contributed by atoms with Crippen molar-refractivity contribution in [3.8, 4) is 11.4 Å². The lowest BCUT2D eigenvalue weighted by molar-refractivity contribution is -0.132. The molecular weight excluding hydrogens is 330 g/mol. The molecule has 7 nitrogen and oxygen atoms in total. The van der Waals surface area contributed by atoms with Gasteiger partial charge in [0.1, 0.15) is 11.5 Å². The van der Waals surface area contributed by atoms with Gasteiger partial charge in [0.2, 0.25) is 11.8 Å². The molecule has 0 N–H and O–H groups in total. The van der Waals surface area contributed by atoms with Crippen LogP contribution in [0.25, 0.3) is 11.4 Å². The number of amides is 2. The first-order valence-corrected chi connectivity index (χ1v) is 9.32. The lowest BCUT2D eigenvalue weighted by Gasteiger charge is -2.28. The Kier molecular flexibility index (Phi) is 5.44. The summed E-state index contributed by atoms with van der Waals surface area (Å²) in [7, 11) is 1.98. The van der Waals surface area contributed by atoms with Crippen LogP contribution in [0.5, 0.6) is 0 Å². The summed E-state index contributed by atoms with van der Waals surface area (Å²) < 4.78 is 3.92. The topological polar surface area (TPSA) is 63.4 Å². The molecule has 0 radical (unpaired) electrons. The van der Waals surface area contributed by atoms with E-state index in [4.69, 9.17) is 0 Å².